The van der Waals surface area contributed by atoms with Crippen LogP contribution in [0.4, 0.5) is 0 Å². The normalized spacial score (nSPS) is 20.8. The smallest absolute Gasteiger partial charge is 0.248 e. The third-order valence-electron chi connectivity index (χ3n) is 4.78. The number of piperidine rings is 1. The van der Waals surface area contributed by atoms with Gasteiger partial charge in [0.15, 0.2) is 0 Å². The fraction of sp³-hybridized carbons (Fsp3) is 0.471. The van der Waals surface area contributed by atoms with Crippen molar-refractivity contribution >= 4 is 29.1 Å². The zero-order valence-electron chi connectivity index (χ0n) is 14.1. The number of rotatable bonds is 4. The third-order valence-corrected chi connectivity index (χ3v) is 5.46. The highest BCUT2D eigenvalue weighted by molar-refractivity contribution is 7.08. The van der Waals surface area contributed by atoms with E-state index in [-0.39, 0.29) is 43.0 Å². The standard InChI is InChI=1S/C17H18N4O4S/c22-13-3-4-14(23)21(13)9-15(24)20-6-1-2-11(8-20)16-18-19-17(25-16)12-5-7-26-10-12/h5,7,10-11H,1-4,6,8-9H2/t11-/m0/s1. The average molecular weight is 374 g/mol. The van der Waals surface area contributed by atoms with Crippen molar-refractivity contribution in [1.82, 2.24) is 20.0 Å². The monoisotopic (exact) mass is 374 g/mol. The Morgan fingerprint density at radius 3 is 2.81 bits per heavy atom. The van der Waals surface area contributed by atoms with Gasteiger partial charge >= 0.3 is 0 Å². The summed E-state index contributed by atoms with van der Waals surface area (Å²) < 4.78 is 5.79. The fourth-order valence-corrected chi connectivity index (χ4v) is 3.97. The molecule has 0 radical (unpaired) electrons. The molecule has 2 aromatic heterocycles. The highest BCUT2D eigenvalue weighted by Crippen LogP contribution is 2.29. The first kappa shape index (κ1) is 16.9. The third kappa shape index (κ3) is 3.26. The molecule has 9 heteroatoms. The molecule has 0 spiro atoms. The van der Waals surface area contributed by atoms with Crippen LogP contribution >= 0.6 is 11.3 Å². The first-order valence-electron chi connectivity index (χ1n) is 8.59. The predicted molar refractivity (Wildman–Crippen MR) is 92.1 cm³/mol. The maximum atomic E-state index is 12.5. The van der Waals surface area contributed by atoms with Crippen LogP contribution in [0, 0.1) is 0 Å². The van der Waals surface area contributed by atoms with Crippen molar-refractivity contribution in [3.8, 4) is 11.5 Å². The lowest BCUT2D eigenvalue weighted by Crippen LogP contribution is -2.46. The lowest BCUT2D eigenvalue weighted by atomic mass is 9.98. The number of hydrogen-bond acceptors (Lipinski definition) is 7. The Hall–Kier alpha value is -2.55. The maximum absolute atomic E-state index is 12.5. The van der Waals surface area contributed by atoms with Crippen molar-refractivity contribution in [2.24, 2.45) is 0 Å². The summed E-state index contributed by atoms with van der Waals surface area (Å²) in [4.78, 5) is 38.7. The van der Waals surface area contributed by atoms with E-state index in [1.54, 1.807) is 16.2 Å². The Balaban J connectivity index is 1.42. The van der Waals surface area contributed by atoms with E-state index >= 15 is 0 Å². The molecular weight excluding hydrogens is 356 g/mol. The van der Waals surface area contributed by atoms with Crippen LogP contribution in [0.25, 0.3) is 11.5 Å². The van der Waals surface area contributed by atoms with Gasteiger partial charge in [-0.15, -0.1) is 10.2 Å². The molecular formula is C17H18N4O4S. The fourth-order valence-electron chi connectivity index (χ4n) is 3.34. The molecule has 3 amide bonds. The zero-order chi connectivity index (χ0) is 18.1. The van der Waals surface area contributed by atoms with E-state index in [9.17, 15) is 14.4 Å². The van der Waals surface area contributed by atoms with Crippen molar-refractivity contribution in [1.29, 1.82) is 0 Å². The number of nitrogens with zero attached hydrogens (tertiary/aromatic N) is 4. The van der Waals surface area contributed by atoms with Gasteiger partial charge in [0.1, 0.15) is 6.54 Å². The minimum atomic E-state index is -0.269. The Morgan fingerprint density at radius 1 is 1.27 bits per heavy atom. The molecule has 2 aliphatic rings. The van der Waals surface area contributed by atoms with Gasteiger partial charge in [0.25, 0.3) is 0 Å². The zero-order valence-corrected chi connectivity index (χ0v) is 14.9. The number of carbonyl (C=O) groups excluding carboxylic acids is 3. The second-order valence-electron chi connectivity index (χ2n) is 6.51. The van der Waals surface area contributed by atoms with Crippen LogP contribution in [0.1, 0.15) is 37.5 Å². The molecule has 0 aromatic carbocycles. The molecule has 2 aromatic rings. The van der Waals surface area contributed by atoms with Crippen LogP contribution in [0.15, 0.2) is 21.2 Å². The van der Waals surface area contributed by atoms with Crippen LogP contribution in [0.2, 0.25) is 0 Å². The van der Waals surface area contributed by atoms with Gasteiger partial charge in [-0.1, -0.05) is 0 Å². The summed E-state index contributed by atoms with van der Waals surface area (Å²) in [6.07, 6.45) is 2.06. The number of aromatic nitrogens is 2. The molecule has 0 N–H and O–H groups in total. The summed E-state index contributed by atoms with van der Waals surface area (Å²) in [6.45, 7) is 0.895. The van der Waals surface area contributed by atoms with Gasteiger partial charge in [0.2, 0.25) is 29.5 Å². The molecule has 0 unspecified atom stereocenters. The number of amides is 3. The SMILES string of the molecule is O=C(CN1C(=O)CCC1=O)N1CCC[C@H](c2nnc(-c3ccsc3)o2)C1. The number of hydrogen-bond donors (Lipinski definition) is 0. The second-order valence-corrected chi connectivity index (χ2v) is 7.29. The van der Waals surface area contributed by atoms with Gasteiger partial charge in [-0.3, -0.25) is 19.3 Å². The largest absolute Gasteiger partial charge is 0.420 e. The number of imide groups is 1. The van der Waals surface area contributed by atoms with Crippen LogP contribution in [-0.2, 0) is 14.4 Å². The molecule has 4 heterocycles. The van der Waals surface area contributed by atoms with Crippen LogP contribution in [0.3, 0.4) is 0 Å². The van der Waals surface area contributed by atoms with Gasteiger partial charge in [0, 0.05) is 36.9 Å². The summed E-state index contributed by atoms with van der Waals surface area (Å²) in [5, 5.41) is 12.1. The van der Waals surface area contributed by atoms with Gasteiger partial charge < -0.3 is 9.32 Å². The average Bonchev–Trinajstić information content (AvgIpc) is 3.39. The first-order valence-corrected chi connectivity index (χ1v) is 9.53. The van der Waals surface area contributed by atoms with Crippen LogP contribution in [0.5, 0.6) is 0 Å². The summed E-state index contributed by atoms with van der Waals surface area (Å²) in [5.41, 5.74) is 0.892. The summed E-state index contributed by atoms with van der Waals surface area (Å²) in [6, 6.07) is 1.92. The highest BCUT2D eigenvalue weighted by atomic mass is 32.1. The summed E-state index contributed by atoms with van der Waals surface area (Å²) in [7, 11) is 0. The Morgan fingerprint density at radius 2 is 2.08 bits per heavy atom. The molecule has 2 fully saturated rings. The topological polar surface area (TPSA) is 96.6 Å². The van der Waals surface area contributed by atoms with E-state index in [2.05, 4.69) is 10.2 Å². The van der Waals surface area contributed by atoms with Gasteiger partial charge in [-0.2, -0.15) is 11.3 Å². The van der Waals surface area contributed by atoms with Crippen molar-refractivity contribution in [3.63, 3.8) is 0 Å². The van der Waals surface area contributed by atoms with Crippen molar-refractivity contribution < 1.29 is 18.8 Å². The Kier molecular flexibility index (Phi) is 4.54. The van der Waals surface area contributed by atoms with Crippen molar-refractivity contribution in [2.45, 2.75) is 31.6 Å². The van der Waals surface area contributed by atoms with E-state index in [0.717, 1.165) is 23.3 Å². The van der Waals surface area contributed by atoms with Crippen molar-refractivity contribution in [3.05, 3.63) is 22.7 Å². The van der Waals surface area contributed by atoms with E-state index in [0.29, 0.717) is 24.9 Å². The number of carbonyl (C=O) groups is 3. The molecule has 0 saturated carbocycles. The van der Waals surface area contributed by atoms with Gasteiger partial charge in [-0.25, -0.2) is 0 Å². The predicted octanol–water partition coefficient (Wildman–Crippen LogP) is 1.65. The quantitative estimate of drug-likeness (QED) is 0.755. The van der Waals surface area contributed by atoms with Crippen molar-refractivity contribution in [2.75, 3.05) is 19.6 Å². The molecule has 2 saturated heterocycles. The molecule has 1 atom stereocenters. The maximum Gasteiger partial charge on any atom is 0.248 e. The molecule has 0 bridgehead atoms. The van der Waals surface area contributed by atoms with E-state index < -0.39 is 0 Å². The van der Waals surface area contributed by atoms with Crippen LogP contribution in [-0.4, -0.2) is 57.4 Å². The minimum absolute atomic E-state index is 0.0300. The van der Waals surface area contributed by atoms with E-state index in [1.807, 2.05) is 16.8 Å². The van der Waals surface area contributed by atoms with Gasteiger partial charge in [0.05, 0.1) is 5.92 Å². The Bertz CT molecular complexity index is 816. The summed E-state index contributed by atoms with van der Waals surface area (Å²) in [5.74, 6) is 0.229. The van der Waals surface area contributed by atoms with E-state index in [4.69, 9.17) is 4.42 Å². The molecule has 8 nitrogen and oxygen atoms in total. The second kappa shape index (κ2) is 6.99. The molecule has 26 heavy (non-hydrogen) atoms. The highest BCUT2D eigenvalue weighted by Gasteiger charge is 2.34. The molecule has 136 valence electrons. The Labute approximate surface area is 153 Å². The van der Waals surface area contributed by atoms with Crippen LogP contribution < -0.4 is 0 Å². The lowest BCUT2D eigenvalue weighted by Gasteiger charge is -2.32. The molecule has 4 rings (SSSR count). The first-order chi connectivity index (χ1) is 12.6. The summed E-state index contributed by atoms with van der Waals surface area (Å²) >= 11 is 1.56. The van der Waals surface area contributed by atoms with Gasteiger partial charge in [-0.05, 0) is 24.3 Å². The number of thiophene rings is 1. The molecule has 0 aliphatic carbocycles. The van der Waals surface area contributed by atoms with E-state index in [1.165, 1.54) is 0 Å². The number of likely N-dealkylation sites (tertiary alicyclic amines) is 2. The lowest BCUT2D eigenvalue weighted by molar-refractivity contribution is -0.146. The molecule has 2 aliphatic heterocycles. The minimum Gasteiger partial charge on any atom is -0.420 e.